The minimum Gasteiger partial charge on any atom is -0.455 e. The number of Topliss-reactive ketones (excluding diaryl/α,β-unsaturated/α-hetero) is 1. The van der Waals surface area contributed by atoms with E-state index in [4.69, 9.17) is 4.42 Å². The van der Waals surface area contributed by atoms with Gasteiger partial charge in [-0.05, 0) is 79.8 Å². The molecule has 0 aliphatic heterocycles. The van der Waals surface area contributed by atoms with Crippen LogP contribution in [0.4, 0.5) is 17.6 Å². The highest BCUT2D eigenvalue weighted by molar-refractivity contribution is 7.92. The van der Waals surface area contributed by atoms with Crippen molar-refractivity contribution in [3.05, 3.63) is 106 Å². The minimum atomic E-state index is -4.76. The average Bonchev–Trinajstić information content (AvgIpc) is 3.41. The zero-order valence-corrected chi connectivity index (χ0v) is 26.9. The molecule has 3 aromatic carbocycles. The van der Waals surface area contributed by atoms with E-state index in [0.29, 0.717) is 22.3 Å². The average molecular weight is 682 g/mol. The van der Waals surface area contributed by atoms with E-state index in [2.05, 4.69) is 0 Å². The van der Waals surface area contributed by atoms with Crippen LogP contribution < -0.4 is 0 Å². The number of halogens is 4. The van der Waals surface area contributed by atoms with Gasteiger partial charge in [-0.15, -0.1) is 0 Å². The number of aryl methyl sites for hydroxylation is 3. The van der Waals surface area contributed by atoms with Gasteiger partial charge in [-0.3, -0.25) is 4.79 Å². The molecule has 0 spiro atoms. The second kappa shape index (κ2) is 13.1. The molecular formula is C32H31F4NO7S2. The molecule has 14 heteroatoms. The van der Waals surface area contributed by atoms with Crippen LogP contribution in [-0.4, -0.2) is 37.8 Å². The molecule has 1 heterocycles. The number of rotatable bonds is 11. The fourth-order valence-corrected chi connectivity index (χ4v) is 8.62. The second-order valence-corrected chi connectivity index (χ2v) is 14.8. The van der Waals surface area contributed by atoms with E-state index in [1.165, 1.54) is 24.3 Å². The normalized spacial score (nSPS) is 12.6. The summed E-state index contributed by atoms with van der Waals surface area (Å²) in [6.07, 6.45) is -4.76. The van der Waals surface area contributed by atoms with E-state index in [9.17, 15) is 44.3 Å². The smallest absolute Gasteiger partial charge is 0.449 e. The van der Waals surface area contributed by atoms with Gasteiger partial charge in [-0.25, -0.2) is 21.2 Å². The molecule has 1 N–H and O–H groups in total. The molecule has 8 nitrogen and oxygen atoms in total. The molecule has 0 saturated carbocycles. The molecule has 0 fully saturated rings. The fraction of sp³-hybridized carbons (Fsp3) is 0.281. The number of aliphatic hydroxyl groups excluding tert-OH is 1. The maximum absolute atomic E-state index is 14.9. The largest absolute Gasteiger partial charge is 0.455 e. The molecule has 46 heavy (non-hydrogen) atoms. The number of aliphatic hydroxyl groups is 1. The van der Waals surface area contributed by atoms with E-state index < -0.39 is 72.8 Å². The Labute approximate surface area is 264 Å². The third-order valence-corrected chi connectivity index (χ3v) is 11.1. The predicted octanol–water partition coefficient (Wildman–Crippen LogP) is 6.28. The van der Waals surface area contributed by atoms with Crippen LogP contribution in [0.3, 0.4) is 0 Å². The van der Waals surface area contributed by atoms with Gasteiger partial charge in [0.1, 0.15) is 23.1 Å². The van der Waals surface area contributed by atoms with E-state index in [1.54, 1.807) is 26.0 Å². The van der Waals surface area contributed by atoms with Crippen molar-refractivity contribution in [1.29, 1.82) is 0 Å². The molecule has 0 radical (unpaired) electrons. The van der Waals surface area contributed by atoms with Crippen molar-refractivity contribution in [1.82, 2.24) is 4.31 Å². The zero-order valence-electron chi connectivity index (χ0n) is 25.3. The summed E-state index contributed by atoms with van der Waals surface area (Å²) in [7, 11) is -8.56. The van der Waals surface area contributed by atoms with Crippen molar-refractivity contribution in [2.75, 3.05) is 5.75 Å². The number of sulfonamides is 1. The molecule has 246 valence electrons. The molecule has 4 aromatic rings. The summed E-state index contributed by atoms with van der Waals surface area (Å²) in [6, 6.07) is 13.3. The summed E-state index contributed by atoms with van der Waals surface area (Å²) < 4.78 is 114. The molecule has 0 aliphatic carbocycles. The molecule has 0 saturated heterocycles. The first-order valence-corrected chi connectivity index (χ1v) is 16.9. The highest BCUT2D eigenvalue weighted by atomic mass is 32.2. The lowest BCUT2D eigenvalue weighted by Gasteiger charge is -2.24. The second-order valence-electron chi connectivity index (χ2n) is 11.0. The number of furan rings is 1. The van der Waals surface area contributed by atoms with Gasteiger partial charge in [0, 0.05) is 12.1 Å². The third kappa shape index (κ3) is 7.57. The Morgan fingerprint density at radius 3 is 2.00 bits per heavy atom. The number of hydrogen-bond acceptors (Lipinski definition) is 7. The van der Waals surface area contributed by atoms with Gasteiger partial charge < -0.3 is 9.52 Å². The van der Waals surface area contributed by atoms with Crippen LogP contribution in [0, 0.1) is 26.6 Å². The van der Waals surface area contributed by atoms with Crippen LogP contribution in [-0.2, 0) is 50.5 Å². The predicted molar refractivity (Wildman–Crippen MR) is 161 cm³/mol. The number of sulfone groups is 1. The molecule has 0 bridgehead atoms. The SMILES string of the molecule is CC(=O)CS(=O)(=O)c1cc(-c2ccc(CN(Cc3ccc(C(F)(F)F)o3)S(=O)(=O)c3c(C)cc(C)cc3C)cc2)cc(F)c1CO. The molecular weight excluding hydrogens is 650 g/mol. The van der Waals surface area contributed by atoms with Crippen molar-refractivity contribution in [2.24, 2.45) is 0 Å². The maximum Gasteiger partial charge on any atom is 0.449 e. The number of nitrogens with zero attached hydrogens (tertiary/aromatic N) is 1. The van der Waals surface area contributed by atoms with Gasteiger partial charge in [-0.1, -0.05) is 42.0 Å². The van der Waals surface area contributed by atoms with E-state index in [-0.39, 0.29) is 22.8 Å². The monoisotopic (exact) mass is 681 g/mol. The molecule has 0 amide bonds. The Morgan fingerprint density at radius 1 is 0.870 bits per heavy atom. The number of carbonyl (C=O) groups excluding carboxylic acids is 1. The Morgan fingerprint density at radius 2 is 1.48 bits per heavy atom. The Balaban J connectivity index is 1.74. The Kier molecular flexibility index (Phi) is 9.97. The van der Waals surface area contributed by atoms with Crippen LogP contribution in [0.15, 0.2) is 74.9 Å². The number of ketones is 1. The van der Waals surface area contributed by atoms with Crippen molar-refractivity contribution in [3.8, 4) is 11.1 Å². The van der Waals surface area contributed by atoms with Crippen molar-refractivity contribution < 1.29 is 48.7 Å². The van der Waals surface area contributed by atoms with Crippen LogP contribution in [0.1, 0.15) is 46.3 Å². The van der Waals surface area contributed by atoms with Gasteiger partial charge in [-0.2, -0.15) is 17.5 Å². The fourth-order valence-electron chi connectivity index (χ4n) is 5.28. The topological polar surface area (TPSA) is 122 Å². The van der Waals surface area contributed by atoms with E-state index in [0.717, 1.165) is 41.1 Å². The number of hydrogen-bond donors (Lipinski definition) is 1. The van der Waals surface area contributed by atoms with Gasteiger partial charge >= 0.3 is 6.18 Å². The Bertz CT molecular complexity index is 1980. The molecule has 0 unspecified atom stereocenters. The molecule has 1 aromatic heterocycles. The first-order chi connectivity index (χ1) is 21.3. The van der Waals surface area contributed by atoms with Crippen molar-refractivity contribution in [3.63, 3.8) is 0 Å². The minimum absolute atomic E-state index is 0.0102. The summed E-state index contributed by atoms with van der Waals surface area (Å²) in [4.78, 5) is 11.0. The van der Waals surface area contributed by atoms with Crippen LogP contribution >= 0.6 is 0 Å². The quantitative estimate of drug-likeness (QED) is 0.185. The van der Waals surface area contributed by atoms with Crippen molar-refractivity contribution in [2.45, 2.75) is 63.4 Å². The summed E-state index contributed by atoms with van der Waals surface area (Å²) in [5.74, 6) is -4.04. The lowest BCUT2D eigenvalue weighted by atomic mass is 10.0. The molecule has 4 rings (SSSR count). The highest BCUT2D eigenvalue weighted by Gasteiger charge is 2.36. The summed E-state index contributed by atoms with van der Waals surface area (Å²) in [5, 5.41) is 9.62. The molecule has 0 aliphatic rings. The first kappa shape index (κ1) is 35.0. The van der Waals surface area contributed by atoms with E-state index >= 15 is 0 Å². The summed E-state index contributed by atoms with van der Waals surface area (Å²) >= 11 is 0. The van der Waals surface area contributed by atoms with Gasteiger partial charge in [0.2, 0.25) is 15.8 Å². The zero-order chi connectivity index (χ0) is 34.2. The number of benzene rings is 3. The molecule has 0 atom stereocenters. The van der Waals surface area contributed by atoms with Crippen LogP contribution in [0.2, 0.25) is 0 Å². The number of alkyl halides is 3. The van der Waals surface area contributed by atoms with Gasteiger partial charge in [0.15, 0.2) is 9.84 Å². The van der Waals surface area contributed by atoms with Gasteiger partial charge in [0.05, 0.1) is 22.9 Å². The van der Waals surface area contributed by atoms with Crippen LogP contribution in [0.25, 0.3) is 11.1 Å². The third-order valence-electron chi connectivity index (χ3n) is 7.16. The first-order valence-electron chi connectivity index (χ1n) is 13.8. The lowest BCUT2D eigenvalue weighted by molar-refractivity contribution is -0.153. The van der Waals surface area contributed by atoms with E-state index in [1.807, 2.05) is 6.92 Å². The lowest BCUT2D eigenvalue weighted by Crippen LogP contribution is -2.31. The van der Waals surface area contributed by atoms with Crippen molar-refractivity contribution >= 4 is 25.6 Å². The highest BCUT2D eigenvalue weighted by Crippen LogP contribution is 2.34. The standard InChI is InChI=1S/C32H31F4NO7S2/c1-19-11-20(2)31(21(3)12-19)46(42,43)37(16-26-9-10-30(44-26)32(34,35)36)15-23-5-7-24(8-6-23)25-13-28(33)27(17-38)29(14-25)45(40,41)18-22(4)39/h5-14,38H,15-18H2,1-4H3. The summed E-state index contributed by atoms with van der Waals surface area (Å²) in [5.41, 5.74) is 2.14. The van der Waals surface area contributed by atoms with Crippen LogP contribution in [0.5, 0.6) is 0 Å². The Hall–Kier alpha value is -3.85. The van der Waals surface area contributed by atoms with Gasteiger partial charge in [0.25, 0.3) is 0 Å². The summed E-state index contributed by atoms with van der Waals surface area (Å²) in [6.45, 7) is 4.41. The number of carbonyl (C=O) groups is 1. The maximum atomic E-state index is 14.9.